The number of rotatable bonds is 8. The van der Waals surface area contributed by atoms with Gasteiger partial charge in [0.15, 0.2) is 5.96 Å². The highest BCUT2D eigenvalue weighted by Gasteiger charge is 2.23. The summed E-state index contributed by atoms with van der Waals surface area (Å²) in [7, 11) is 3.47. The van der Waals surface area contributed by atoms with E-state index in [9.17, 15) is 4.79 Å². The van der Waals surface area contributed by atoms with Gasteiger partial charge in [-0.3, -0.25) is 14.7 Å². The molecular formula is C24H33N5O2. The van der Waals surface area contributed by atoms with Crippen molar-refractivity contribution in [3.63, 3.8) is 0 Å². The van der Waals surface area contributed by atoms with Gasteiger partial charge in [-0.05, 0) is 61.3 Å². The Bertz CT molecular complexity index is 876. The van der Waals surface area contributed by atoms with Gasteiger partial charge >= 0.3 is 0 Å². The fourth-order valence-electron chi connectivity index (χ4n) is 3.90. The first kappa shape index (κ1) is 22.6. The van der Waals surface area contributed by atoms with E-state index < -0.39 is 0 Å². The molecule has 7 nitrogen and oxygen atoms in total. The number of likely N-dealkylation sites (tertiary alicyclic amines) is 1. The van der Waals surface area contributed by atoms with Crippen LogP contribution < -0.4 is 20.7 Å². The molecule has 3 rings (SSSR count). The van der Waals surface area contributed by atoms with Crippen LogP contribution in [0.2, 0.25) is 0 Å². The summed E-state index contributed by atoms with van der Waals surface area (Å²) in [5.41, 5.74) is 3.14. The van der Waals surface area contributed by atoms with E-state index in [1.165, 1.54) is 25.3 Å². The lowest BCUT2D eigenvalue weighted by Gasteiger charge is -2.29. The van der Waals surface area contributed by atoms with Gasteiger partial charge in [0, 0.05) is 32.7 Å². The molecule has 1 amide bonds. The van der Waals surface area contributed by atoms with E-state index in [0.717, 1.165) is 42.6 Å². The Morgan fingerprint density at radius 1 is 1.13 bits per heavy atom. The number of hydrogen-bond acceptors (Lipinski definition) is 4. The second-order valence-corrected chi connectivity index (χ2v) is 7.72. The minimum atomic E-state index is -0.0749. The zero-order valence-electron chi connectivity index (χ0n) is 18.6. The number of amides is 1. The molecule has 0 aliphatic carbocycles. The van der Waals surface area contributed by atoms with Gasteiger partial charge in [0.2, 0.25) is 5.91 Å². The smallest absolute Gasteiger partial charge is 0.221 e. The van der Waals surface area contributed by atoms with Crippen molar-refractivity contribution in [1.82, 2.24) is 15.5 Å². The Labute approximate surface area is 184 Å². The zero-order valence-corrected chi connectivity index (χ0v) is 18.6. The van der Waals surface area contributed by atoms with E-state index in [0.29, 0.717) is 6.54 Å². The first-order valence-electron chi connectivity index (χ1n) is 10.8. The molecule has 0 aromatic heterocycles. The van der Waals surface area contributed by atoms with Crippen molar-refractivity contribution in [3.05, 3.63) is 59.7 Å². The molecular weight excluding hydrogens is 390 g/mol. The lowest BCUT2D eigenvalue weighted by Crippen LogP contribution is -2.42. The van der Waals surface area contributed by atoms with Gasteiger partial charge in [0.05, 0.1) is 13.2 Å². The van der Waals surface area contributed by atoms with Gasteiger partial charge in [0.1, 0.15) is 5.75 Å². The van der Waals surface area contributed by atoms with Crippen LogP contribution >= 0.6 is 0 Å². The molecule has 0 spiro atoms. The van der Waals surface area contributed by atoms with E-state index in [1.807, 2.05) is 36.4 Å². The van der Waals surface area contributed by atoms with Crippen molar-refractivity contribution in [1.29, 1.82) is 0 Å². The predicted molar refractivity (Wildman–Crippen MR) is 125 cm³/mol. The van der Waals surface area contributed by atoms with Crippen molar-refractivity contribution >= 4 is 17.6 Å². The average Bonchev–Trinajstić information content (AvgIpc) is 3.31. The SMILES string of the molecule is CN=C(NCc1cccc(NC(C)=O)c1)NCC(c1ccc(OC)cc1)N1CCCC1. The summed E-state index contributed by atoms with van der Waals surface area (Å²) < 4.78 is 5.31. The molecule has 1 aliphatic rings. The molecule has 1 unspecified atom stereocenters. The number of carbonyl (C=O) groups excluding carboxylic acids is 1. The standard InChI is InChI=1S/C24H33N5O2/c1-18(30)28-21-8-6-7-19(15-21)16-26-24(25-2)27-17-23(29-13-4-5-14-29)20-9-11-22(31-3)12-10-20/h6-12,15,23H,4-5,13-14,16-17H2,1-3H3,(H,28,30)(H2,25,26,27). The Kier molecular flexibility index (Phi) is 8.29. The molecule has 0 saturated carbocycles. The van der Waals surface area contributed by atoms with Crippen LogP contribution in [0.5, 0.6) is 5.75 Å². The normalized spacial score (nSPS) is 15.4. The van der Waals surface area contributed by atoms with Gasteiger partial charge in [-0.1, -0.05) is 24.3 Å². The van der Waals surface area contributed by atoms with Crippen molar-refractivity contribution in [2.24, 2.45) is 4.99 Å². The summed E-state index contributed by atoms with van der Waals surface area (Å²) in [6, 6.07) is 16.4. The third kappa shape index (κ3) is 6.72. The van der Waals surface area contributed by atoms with Crippen LogP contribution in [0.25, 0.3) is 0 Å². The molecule has 1 heterocycles. The zero-order chi connectivity index (χ0) is 22.1. The highest BCUT2D eigenvalue weighted by atomic mass is 16.5. The van der Waals surface area contributed by atoms with Crippen LogP contribution in [0.4, 0.5) is 5.69 Å². The number of hydrogen-bond donors (Lipinski definition) is 3. The van der Waals surface area contributed by atoms with E-state index in [1.54, 1.807) is 14.2 Å². The van der Waals surface area contributed by atoms with Gasteiger partial charge in [-0.2, -0.15) is 0 Å². The number of anilines is 1. The van der Waals surface area contributed by atoms with E-state index >= 15 is 0 Å². The third-order valence-electron chi connectivity index (χ3n) is 5.48. The first-order valence-corrected chi connectivity index (χ1v) is 10.8. The maximum absolute atomic E-state index is 11.3. The molecule has 7 heteroatoms. The lowest BCUT2D eigenvalue weighted by atomic mass is 10.1. The van der Waals surface area contributed by atoms with E-state index in [-0.39, 0.29) is 11.9 Å². The molecule has 166 valence electrons. The van der Waals surface area contributed by atoms with E-state index in [4.69, 9.17) is 4.74 Å². The molecule has 1 aliphatic heterocycles. The highest BCUT2D eigenvalue weighted by Crippen LogP contribution is 2.26. The van der Waals surface area contributed by atoms with Crippen LogP contribution in [0.15, 0.2) is 53.5 Å². The highest BCUT2D eigenvalue weighted by molar-refractivity contribution is 5.88. The fourth-order valence-corrected chi connectivity index (χ4v) is 3.90. The average molecular weight is 424 g/mol. The number of methoxy groups -OCH3 is 1. The Morgan fingerprint density at radius 2 is 1.87 bits per heavy atom. The minimum Gasteiger partial charge on any atom is -0.497 e. The van der Waals surface area contributed by atoms with E-state index in [2.05, 4.69) is 38.0 Å². The molecule has 1 atom stereocenters. The number of benzene rings is 2. The lowest BCUT2D eigenvalue weighted by molar-refractivity contribution is -0.114. The third-order valence-corrected chi connectivity index (χ3v) is 5.48. The summed E-state index contributed by atoms with van der Waals surface area (Å²) >= 11 is 0. The van der Waals surface area contributed by atoms with Crippen molar-refractivity contribution in [3.8, 4) is 5.75 Å². The second-order valence-electron chi connectivity index (χ2n) is 7.72. The van der Waals surface area contributed by atoms with Crippen molar-refractivity contribution in [2.75, 3.05) is 39.1 Å². The summed E-state index contributed by atoms with van der Waals surface area (Å²) in [5.74, 6) is 1.55. The van der Waals surface area contributed by atoms with Crippen LogP contribution in [-0.4, -0.2) is 50.6 Å². The number of nitrogens with zero attached hydrogens (tertiary/aromatic N) is 2. The summed E-state index contributed by atoms with van der Waals surface area (Å²) in [5, 5.41) is 9.67. The maximum Gasteiger partial charge on any atom is 0.221 e. The maximum atomic E-state index is 11.3. The Balaban J connectivity index is 1.60. The number of nitrogens with one attached hydrogen (secondary N) is 3. The number of carbonyl (C=O) groups is 1. The topological polar surface area (TPSA) is 78.0 Å². The fraction of sp³-hybridized carbons (Fsp3) is 0.417. The van der Waals surface area contributed by atoms with Crippen molar-refractivity contribution < 1.29 is 9.53 Å². The molecule has 0 radical (unpaired) electrons. The molecule has 3 N–H and O–H groups in total. The Morgan fingerprint density at radius 3 is 2.52 bits per heavy atom. The number of guanidine groups is 1. The molecule has 2 aromatic carbocycles. The van der Waals surface area contributed by atoms with Crippen LogP contribution in [-0.2, 0) is 11.3 Å². The van der Waals surface area contributed by atoms with Crippen molar-refractivity contribution in [2.45, 2.75) is 32.4 Å². The molecule has 2 aromatic rings. The molecule has 1 fully saturated rings. The molecule has 0 bridgehead atoms. The predicted octanol–water partition coefficient (Wildman–Crippen LogP) is 3.16. The van der Waals surface area contributed by atoms with Gasteiger partial charge in [0.25, 0.3) is 0 Å². The van der Waals surface area contributed by atoms with Crippen LogP contribution in [0.3, 0.4) is 0 Å². The monoisotopic (exact) mass is 423 g/mol. The van der Waals surface area contributed by atoms with Gasteiger partial charge in [-0.25, -0.2) is 0 Å². The minimum absolute atomic E-state index is 0.0749. The second kappa shape index (κ2) is 11.4. The van der Waals surface area contributed by atoms with Gasteiger partial charge < -0.3 is 20.7 Å². The summed E-state index contributed by atoms with van der Waals surface area (Å²) in [4.78, 5) is 18.2. The number of ether oxygens (including phenoxy) is 1. The number of aliphatic imine (C=N–C) groups is 1. The summed E-state index contributed by atoms with van der Waals surface area (Å²) in [6.45, 7) is 5.11. The van der Waals surface area contributed by atoms with Crippen LogP contribution in [0, 0.1) is 0 Å². The molecule has 1 saturated heterocycles. The van der Waals surface area contributed by atoms with Gasteiger partial charge in [-0.15, -0.1) is 0 Å². The van der Waals surface area contributed by atoms with Crippen LogP contribution in [0.1, 0.15) is 36.9 Å². The molecule has 31 heavy (non-hydrogen) atoms. The quantitative estimate of drug-likeness (QED) is 0.449. The largest absolute Gasteiger partial charge is 0.497 e. The Hall–Kier alpha value is -3.06. The summed E-state index contributed by atoms with van der Waals surface area (Å²) in [6.07, 6.45) is 2.48. The first-order chi connectivity index (χ1) is 15.1.